The lowest BCUT2D eigenvalue weighted by Gasteiger charge is -2.39. The Bertz CT molecular complexity index is 336. The van der Waals surface area contributed by atoms with E-state index in [1.54, 1.807) is 0 Å². The fourth-order valence-electron chi connectivity index (χ4n) is 2.69. The predicted octanol–water partition coefficient (Wildman–Crippen LogP) is 3.51. The molecule has 21 heavy (non-hydrogen) atoms. The van der Waals surface area contributed by atoms with E-state index in [2.05, 4.69) is 6.92 Å². The highest BCUT2D eigenvalue weighted by atomic mass is 19.4. The van der Waals surface area contributed by atoms with Gasteiger partial charge in [0, 0.05) is 31.8 Å². The summed E-state index contributed by atoms with van der Waals surface area (Å²) in [7, 11) is 0. The van der Waals surface area contributed by atoms with Crippen molar-refractivity contribution in [2.45, 2.75) is 70.6 Å². The number of aliphatic hydroxyl groups is 1. The number of halogens is 3. The highest BCUT2D eigenvalue weighted by Gasteiger charge is 2.54. The Hall–Kier alpha value is -0.780. The molecule has 0 aromatic carbocycles. The summed E-state index contributed by atoms with van der Waals surface area (Å²) in [6.07, 6.45) is -0.362. The van der Waals surface area contributed by atoms with Gasteiger partial charge in [0.2, 0.25) is 5.91 Å². The second-order valence-corrected chi connectivity index (χ2v) is 6.11. The van der Waals surface area contributed by atoms with Crippen LogP contribution < -0.4 is 0 Å². The number of nitrogens with zero attached hydrogens (tertiary/aromatic N) is 1. The summed E-state index contributed by atoms with van der Waals surface area (Å²) < 4.78 is 38.1. The average molecular weight is 309 g/mol. The monoisotopic (exact) mass is 309 g/mol. The lowest BCUT2D eigenvalue weighted by molar-refractivity contribution is -0.272. The third-order valence-corrected chi connectivity index (χ3v) is 4.34. The van der Waals surface area contributed by atoms with Gasteiger partial charge in [-0.3, -0.25) is 4.79 Å². The van der Waals surface area contributed by atoms with E-state index in [-0.39, 0.29) is 24.9 Å². The van der Waals surface area contributed by atoms with E-state index in [9.17, 15) is 23.1 Å². The van der Waals surface area contributed by atoms with Crippen LogP contribution >= 0.6 is 0 Å². The fraction of sp³-hybridized carbons (Fsp3) is 0.933. The molecule has 1 N–H and O–H groups in total. The minimum atomic E-state index is -4.62. The molecule has 0 aliphatic carbocycles. The van der Waals surface area contributed by atoms with Gasteiger partial charge < -0.3 is 10.0 Å². The van der Waals surface area contributed by atoms with Crippen LogP contribution in [-0.2, 0) is 4.79 Å². The third kappa shape index (κ3) is 4.87. The van der Waals surface area contributed by atoms with Gasteiger partial charge in [-0.2, -0.15) is 13.2 Å². The summed E-state index contributed by atoms with van der Waals surface area (Å²) in [5.74, 6) is -0.241. The summed E-state index contributed by atoms with van der Waals surface area (Å²) in [6, 6.07) is 0. The van der Waals surface area contributed by atoms with Crippen molar-refractivity contribution in [3.63, 3.8) is 0 Å². The van der Waals surface area contributed by atoms with Gasteiger partial charge >= 0.3 is 6.18 Å². The standard InChI is InChI=1S/C15H26F3NO2/c1-3-4-5-6-7-12(2)13(20)19-10-8-14(21,9-11-19)15(16,17)18/h12,21H,3-11H2,1-2H3. The molecule has 1 aliphatic heterocycles. The van der Waals surface area contributed by atoms with Crippen LogP contribution in [0.2, 0.25) is 0 Å². The zero-order valence-electron chi connectivity index (χ0n) is 12.9. The zero-order chi connectivity index (χ0) is 16.1. The zero-order valence-corrected chi connectivity index (χ0v) is 12.9. The molecule has 1 amide bonds. The first-order chi connectivity index (χ1) is 9.71. The lowest BCUT2D eigenvalue weighted by Crippen LogP contribution is -2.55. The van der Waals surface area contributed by atoms with Crippen LogP contribution in [0.25, 0.3) is 0 Å². The van der Waals surface area contributed by atoms with Crippen molar-refractivity contribution in [2.24, 2.45) is 5.92 Å². The van der Waals surface area contributed by atoms with E-state index in [1.807, 2.05) is 6.92 Å². The first-order valence-corrected chi connectivity index (χ1v) is 7.79. The maximum atomic E-state index is 12.7. The number of likely N-dealkylation sites (tertiary alicyclic amines) is 1. The van der Waals surface area contributed by atoms with Crippen molar-refractivity contribution in [2.75, 3.05) is 13.1 Å². The number of carbonyl (C=O) groups is 1. The van der Waals surface area contributed by atoms with E-state index >= 15 is 0 Å². The summed E-state index contributed by atoms with van der Waals surface area (Å²) in [4.78, 5) is 13.6. The molecular formula is C15H26F3NO2. The normalized spacial score (nSPS) is 20.4. The van der Waals surface area contributed by atoms with Crippen molar-refractivity contribution >= 4 is 5.91 Å². The molecule has 1 heterocycles. The first kappa shape index (κ1) is 18.3. The van der Waals surface area contributed by atoms with Crippen LogP contribution in [0.1, 0.15) is 58.8 Å². The molecule has 3 nitrogen and oxygen atoms in total. The number of hydrogen-bond donors (Lipinski definition) is 1. The molecule has 0 saturated carbocycles. The van der Waals surface area contributed by atoms with Gasteiger partial charge in [-0.05, 0) is 6.42 Å². The third-order valence-electron chi connectivity index (χ3n) is 4.34. The summed E-state index contributed by atoms with van der Waals surface area (Å²) >= 11 is 0. The fourth-order valence-corrected chi connectivity index (χ4v) is 2.69. The average Bonchev–Trinajstić information content (AvgIpc) is 2.42. The molecule has 1 aliphatic rings. The van der Waals surface area contributed by atoms with Gasteiger partial charge in [0.05, 0.1) is 0 Å². The van der Waals surface area contributed by atoms with Crippen LogP contribution in [0.15, 0.2) is 0 Å². The molecule has 1 unspecified atom stereocenters. The summed E-state index contributed by atoms with van der Waals surface area (Å²) in [5, 5.41) is 9.58. The topological polar surface area (TPSA) is 40.5 Å². The molecule has 0 spiro atoms. The number of carbonyl (C=O) groups excluding carboxylic acids is 1. The van der Waals surface area contributed by atoms with Crippen LogP contribution in [0, 0.1) is 5.92 Å². The Kier molecular flexibility index (Phi) is 6.50. The van der Waals surface area contributed by atoms with Crippen molar-refractivity contribution in [3.05, 3.63) is 0 Å². The van der Waals surface area contributed by atoms with Crippen LogP contribution in [0.3, 0.4) is 0 Å². The summed E-state index contributed by atoms with van der Waals surface area (Å²) in [6.45, 7) is 3.91. The van der Waals surface area contributed by atoms with Gasteiger partial charge in [-0.1, -0.05) is 39.5 Å². The Labute approximate surface area is 124 Å². The summed E-state index contributed by atoms with van der Waals surface area (Å²) in [5.41, 5.74) is -2.63. The first-order valence-electron chi connectivity index (χ1n) is 7.79. The van der Waals surface area contributed by atoms with E-state index in [1.165, 1.54) is 4.90 Å². The molecule has 6 heteroatoms. The van der Waals surface area contributed by atoms with Gasteiger partial charge in [-0.15, -0.1) is 0 Å². The lowest BCUT2D eigenvalue weighted by atomic mass is 9.90. The van der Waals surface area contributed by atoms with Crippen LogP contribution in [0.4, 0.5) is 13.2 Å². The van der Waals surface area contributed by atoms with E-state index in [4.69, 9.17) is 0 Å². The molecule has 1 rings (SSSR count). The SMILES string of the molecule is CCCCCCC(C)C(=O)N1CCC(O)(C(F)(F)F)CC1. The molecule has 0 bridgehead atoms. The van der Waals surface area contributed by atoms with E-state index in [0.717, 1.165) is 32.1 Å². The van der Waals surface area contributed by atoms with Crippen LogP contribution in [0.5, 0.6) is 0 Å². The highest BCUT2D eigenvalue weighted by molar-refractivity contribution is 5.78. The molecule has 124 valence electrons. The van der Waals surface area contributed by atoms with Gasteiger partial charge in [-0.25, -0.2) is 0 Å². The van der Waals surface area contributed by atoms with Gasteiger partial charge in [0.1, 0.15) is 0 Å². The second kappa shape index (κ2) is 7.47. The Balaban J connectivity index is 2.41. The quantitative estimate of drug-likeness (QED) is 0.763. The molecule has 1 atom stereocenters. The molecule has 1 saturated heterocycles. The van der Waals surface area contributed by atoms with Crippen LogP contribution in [-0.4, -0.2) is 40.8 Å². The smallest absolute Gasteiger partial charge is 0.380 e. The van der Waals surface area contributed by atoms with Crippen molar-refractivity contribution < 1.29 is 23.1 Å². The number of hydrogen-bond acceptors (Lipinski definition) is 2. The Morgan fingerprint density at radius 3 is 2.29 bits per heavy atom. The maximum absolute atomic E-state index is 12.7. The molecule has 0 aromatic rings. The predicted molar refractivity (Wildman–Crippen MR) is 74.7 cm³/mol. The number of unbranched alkanes of at least 4 members (excludes halogenated alkanes) is 3. The number of alkyl halides is 3. The second-order valence-electron chi connectivity index (χ2n) is 6.11. The van der Waals surface area contributed by atoms with Crippen molar-refractivity contribution in [3.8, 4) is 0 Å². The minimum Gasteiger partial charge on any atom is -0.380 e. The van der Waals surface area contributed by atoms with Crippen molar-refractivity contribution in [1.29, 1.82) is 0 Å². The molecular weight excluding hydrogens is 283 g/mol. The minimum absolute atomic E-state index is 0.0197. The van der Waals surface area contributed by atoms with E-state index < -0.39 is 24.6 Å². The Morgan fingerprint density at radius 1 is 1.24 bits per heavy atom. The number of rotatable bonds is 6. The molecule has 0 radical (unpaired) electrons. The number of amides is 1. The number of piperidine rings is 1. The van der Waals surface area contributed by atoms with Gasteiger partial charge in [0.15, 0.2) is 5.60 Å². The highest BCUT2D eigenvalue weighted by Crippen LogP contribution is 2.38. The maximum Gasteiger partial charge on any atom is 0.417 e. The molecule has 1 fully saturated rings. The van der Waals surface area contributed by atoms with Crippen molar-refractivity contribution in [1.82, 2.24) is 4.90 Å². The largest absolute Gasteiger partial charge is 0.417 e. The van der Waals surface area contributed by atoms with Gasteiger partial charge in [0.25, 0.3) is 0 Å². The van der Waals surface area contributed by atoms with E-state index in [0.29, 0.717) is 0 Å². The Morgan fingerprint density at radius 2 is 1.81 bits per heavy atom. The molecule has 0 aromatic heterocycles.